The van der Waals surface area contributed by atoms with E-state index in [0.29, 0.717) is 17.4 Å². The summed E-state index contributed by atoms with van der Waals surface area (Å²) in [5.41, 5.74) is 0. The summed E-state index contributed by atoms with van der Waals surface area (Å²) >= 11 is 0. The molecule has 0 aliphatic heterocycles. The van der Waals surface area contributed by atoms with Crippen LogP contribution in [0.4, 0.5) is 0 Å². The standard InChI is InChI=1S/C76H134NO8P/c1-6-8-10-12-14-16-18-20-22-24-26-28-30-32-34-36-38-40-42-44-46-48-50-52-54-56-58-60-62-64-66-68-75(78)82-72-74(73-84-86(80,81)83-71-70-77(3,4)5)85-76(79)69-67-65-63-61-59-57-55-53-51-49-47-45-43-41-39-37-35-33-31-29-27-25-23-21-19-17-15-13-11-9-7-2/h9,11,15,17,21,23-24,26-27,29,33,35,39,41,45,47,51,53,74H,6-8,10,12-14,16,18-20,22,25,28,30-32,34,36-38,40,42-44,46,48-50,52,54-73H2,1-5H3/p+1/b11-9-,17-15-,23-21-,26-24-,29-27-,35-33-,41-39-,47-45-,53-51-. The van der Waals surface area contributed by atoms with Gasteiger partial charge in [-0.25, -0.2) is 4.57 Å². The van der Waals surface area contributed by atoms with E-state index in [9.17, 15) is 19.0 Å². The summed E-state index contributed by atoms with van der Waals surface area (Å²) in [5.74, 6) is -0.810. The summed E-state index contributed by atoms with van der Waals surface area (Å²) < 4.78 is 34.7. The van der Waals surface area contributed by atoms with Gasteiger partial charge in [-0.15, -0.1) is 0 Å². The van der Waals surface area contributed by atoms with Crippen LogP contribution < -0.4 is 0 Å². The summed E-state index contributed by atoms with van der Waals surface area (Å²) in [6, 6.07) is 0. The fourth-order valence-corrected chi connectivity index (χ4v) is 10.6. The Kier molecular flexibility index (Phi) is 63.5. The van der Waals surface area contributed by atoms with E-state index in [1.54, 1.807) is 0 Å². The number of esters is 2. The highest BCUT2D eigenvalue weighted by Crippen LogP contribution is 2.43. The minimum absolute atomic E-state index is 0.0244. The minimum Gasteiger partial charge on any atom is -0.462 e. The van der Waals surface area contributed by atoms with Crippen LogP contribution in [0.1, 0.15) is 309 Å². The third kappa shape index (κ3) is 69.8. The quantitative estimate of drug-likeness (QED) is 0.0211. The molecular formula is C76H135NO8P+. The molecule has 0 aromatic heterocycles. The summed E-state index contributed by atoms with van der Waals surface area (Å²) in [7, 11) is 1.46. The number of rotatable bonds is 65. The van der Waals surface area contributed by atoms with Crippen molar-refractivity contribution in [2.75, 3.05) is 47.5 Å². The third-order valence-electron chi connectivity index (χ3n) is 15.3. The topological polar surface area (TPSA) is 108 Å². The number of carbonyl (C=O) groups excluding carboxylic acids is 2. The van der Waals surface area contributed by atoms with E-state index in [4.69, 9.17) is 18.5 Å². The molecule has 0 bridgehead atoms. The zero-order valence-corrected chi connectivity index (χ0v) is 57.4. The van der Waals surface area contributed by atoms with Gasteiger partial charge in [-0.1, -0.05) is 303 Å². The lowest BCUT2D eigenvalue weighted by Crippen LogP contribution is -2.37. The van der Waals surface area contributed by atoms with Gasteiger partial charge in [0, 0.05) is 12.8 Å². The van der Waals surface area contributed by atoms with Crippen molar-refractivity contribution in [2.24, 2.45) is 0 Å². The Labute approximate surface area is 531 Å². The Hall–Kier alpha value is -3.33. The molecular weight excluding hydrogens is 1090 g/mol. The van der Waals surface area contributed by atoms with Crippen LogP contribution in [0.2, 0.25) is 0 Å². The lowest BCUT2D eigenvalue weighted by molar-refractivity contribution is -0.870. The number of allylic oxidation sites excluding steroid dienone is 18. The number of nitrogens with zero attached hydrogens (tertiary/aromatic N) is 1. The molecule has 10 heteroatoms. The van der Waals surface area contributed by atoms with Gasteiger partial charge < -0.3 is 18.9 Å². The van der Waals surface area contributed by atoms with Gasteiger partial charge in [0.25, 0.3) is 0 Å². The molecule has 2 atom stereocenters. The van der Waals surface area contributed by atoms with Crippen LogP contribution in [0, 0.1) is 0 Å². The number of unbranched alkanes of at least 4 members (excludes halogenated alkanes) is 33. The normalized spacial score (nSPS) is 13.8. The molecule has 0 aliphatic carbocycles. The Morgan fingerprint density at radius 1 is 0.372 bits per heavy atom. The van der Waals surface area contributed by atoms with Crippen molar-refractivity contribution in [1.82, 2.24) is 0 Å². The largest absolute Gasteiger partial charge is 0.472 e. The smallest absolute Gasteiger partial charge is 0.462 e. The lowest BCUT2D eigenvalue weighted by atomic mass is 10.0. The molecule has 0 aliphatic rings. The maximum absolute atomic E-state index is 12.9. The summed E-state index contributed by atoms with van der Waals surface area (Å²) in [6.07, 6.45) is 93.4. The number of phosphoric ester groups is 1. The number of hydrogen-bond acceptors (Lipinski definition) is 7. The average molecular weight is 1220 g/mol. The molecule has 0 radical (unpaired) electrons. The van der Waals surface area contributed by atoms with Crippen LogP contribution in [0.3, 0.4) is 0 Å². The first-order valence-electron chi connectivity index (χ1n) is 35.6. The van der Waals surface area contributed by atoms with Crippen molar-refractivity contribution in [3.63, 3.8) is 0 Å². The van der Waals surface area contributed by atoms with Gasteiger partial charge in [-0.2, -0.15) is 0 Å². The van der Waals surface area contributed by atoms with E-state index < -0.39 is 26.5 Å². The first-order chi connectivity index (χ1) is 42.0. The fourth-order valence-electron chi connectivity index (χ4n) is 9.85. The van der Waals surface area contributed by atoms with Crippen LogP contribution >= 0.6 is 7.82 Å². The number of quaternary nitrogens is 1. The van der Waals surface area contributed by atoms with Gasteiger partial charge in [-0.3, -0.25) is 18.6 Å². The molecule has 0 saturated carbocycles. The summed E-state index contributed by atoms with van der Waals surface area (Å²) in [5, 5.41) is 0. The van der Waals surface area contributed by atoms with Gasteiger partial charge in [0.05, 0.1) is 27.7 Å². The third-order valence-corrected chi connectivity index (χ3v) is 16.3. The maximum atomic E-state index is 12.9. The van der Waals surface area contributed by atoms with Gasteiger partial charge in [0.15, 0.2) is 6.10 Å². The predicted octanol–water partition coefficient (Wildman–Crippen LogP) is 23.3. The molecule has 0 rings (SSSR count). The molecule has 0 spiro atoms. The van der Waals surface area contributed by atoms with Gasteiger partial charge in [-0.05, 0) is 103 Å². The number of hydrogen-bond donors (Lipinski definition) is 1. The molecule has 496 valence electrons. The average Bonchev–Trinajstić information content (AvgIpc) is 3.56. The molecule has 0 heterocycles. The van der Waals surface area contributed by atoms with Crippen LogP contribution in [-0.4, -0.2) is 74.9 Å². The highest BCUT2D eigenvalue weighted by molar-refractivity contribution is 7.47. The second kappa shape index (κ2) is 66.1. The molecule has 0 aromatic carbocycles. The summed E-state index contributed by atoms with van der Waals surface area (Å²) in [6.45, 7) is 4.33. The summed E-state index contributed by atoms with van der Waals surface area (Å²) in [4.78, 5) is 35.9. The SMILES string of the molecule is CC/C=C\C/C=C\C/C=C\C/C=C\C/C=C\C/C=C\C/C=C\C/C=C\CCCCCCCCC(=O)OC(COC(=O)CCCCCCCCCCCCCCCCCCCCC/C=C\CCCCCCCCCC)COP(=O)(O)OCC[N+](C)(C)C. The number of carbonyl (C=O) groups is 2. The van der Waals surface area contributed by atoms with E-state index in [2.05, 4.69) is 123 Å². The number of ether oxygens (including phenoxy) is 2. The van der Waals surface area contributed by atoms with Crippen molar-refractivity contribution >= 4 is 19.8 Å². The highest BCUT2D eigenvalue weighted by atomic mass is 31.2. The minimum atomic E-state index is -4.40. The molecule has 0 saturated heterocycles. The van der Waals surface area contributed by atoms with Crippen molar-refractivity contribution in [3.8, 4) is 0 Å². The van der Waals surface area contributed by atoms with Crippen LogP contribution in [0.25, 0.3) is 0 Å². The van der Waals surface area contributed by atoms with Crippen molar-refractivity contribution in [3.05, 3.63) is 109 Å². The van der Waals surface area contributed by atoms with E-state index in [-0.39, 0.29) is 32.0 Å². The van der Waals surface area contributed by atoms with E-state index in [0.717, 1.165) is 109 Å². The Bertz CT molecular complexity index is 1820. The van der Waals surface area contributed by atoms with Crippen molar-refractivity contribution in [2.45, 2.75) is 315 Å². The molecule has 0 fully saturated rings. The molecule has 0 amide bonds. The highest BCUT2D eigenvalue weighted by Gasteiger charge is 2.27. The number of phosphoric acid groups is 1. The molecule has 9 nitrogen and oxygen atoms in total. The Balaban J connectivity index is 4.09. The van der Waals surface area contributed by atoms with Crippen molar-refractivity contribution < 1.29 is 42.1 Å². The number of likely N-dealkylation sites (N-methyl/N-ethyl adjacent to an activating group) is 1. The zero-order valence-electron chi connectivity index (χ0n) is 56.5. The first kappa shape index (κ1) is 82.7. The van der Waals surface area contributed by atoms with Gasteiger partial charge in [0.2, 0.25) is 0 Å². The van der Waals surface area contributed by atoms with E-state index in [1.807, 2.05) is 21.1 Å². The molecule has 86 heavy (non-hydrogen) atoms. The molecule has 0 aromatic rings. The maximum Gasteiger partial charge on any atom is 0.472 e. The zero-order chi connectivity index (χ0) is 62.6. The second-order valence-electron chi connectivity index (χ2n) is 24.9. The van der Waals surface area contributed by atoms with Gasteiger partial charge in [0.1, 0.15) is 19.8 Å². The first-order valence-corrected chi connectivity index (χ1v) is 37.1. The second-order valence-corrected chi connectivity index (χ2v) is 26.3. The van der Waals surface area contributed by atoms with Crippen LogP contribution in [-0.2, 0) is 32.7 Å². The van der Waals surface area contributed by atoms with E-state index >= 15 is 0 Å². The van der Waals surface area contributed by atoms with Crippen LogP contribution in [0.5, 0.6) is 0 Å². The Morgan fingerprint density at radius 2 is 0.663 bits per heavy atom. The molecule has 1 N–H and O–H groups in total. The Morgan fingerprint density at radius 3 is 1.00 bits per heavy atom. The van der Waals surface area contributed by atoms with E-state index in [1.165, 1.54) is 167 Å². The van der Waals surface area contributed by atoms with Gasteiger partial charge >= 0.3 is 19.8 Å². The van der Waals surface area contributed by atoms with Crippen LogP contribution in [0.15, 0.2) is 109 Å². The lowest BCUT2D eigenvalue weighted by Gasteiger charge is -2.24. The fraction of sp³-hybridized carbons (Fsp3) is 0.737. The molecule has 2 unspecified atom stereocenters. The monoisotopic (exact) mass is 1220 g/mol. The van der Waals surface area contributed by atoms with Crippen molar-refractivity contribution in [1.29, 1.82) is 0 Å². The predicted molar refractivity (Wildman–Crippen MR) is 371 cm³/mol.